The van der Waals surface area contributed by atoms with Crippen molar-refractivity contribution in [3.63, 3.8) is 0 Å². The van der Waals surface area contributed by atoms with Gasteiger partial charge in [-0.2, -0.15) is 0 Å². The minimum atomic E-state index is -0.608. The molecule has 1 amide bonds. The molecule has 6 heteroatoms. The summed E-state index contributed by atoms with van der Waals surface area (Å²) in [5.74, 6) is -0.912. The van der Waals surface area contributed by atoms with E-state index in [1.54, 1.807) is 7.05 Å². The summed E-state index contributed by atoms with van der Waals surface area (Å²) in [6.07, 6.45) is 5.13. The third kappa shape index (κ3) is 3.91. The van der Waals surface area contributed by atoms with Gasteiger partial charge in [0.2, 0.25) is 0 Å². The summed E-state index contributed by atoms with van der Waals surface area (Å²) >= 11 is 0. The first-order valence-corrected chi connectivity index (χ1v) is 7.48. The van der Waals surface area contributed by atoms with Crippen molar-refractivity contribution >= 4 is 11.7 Å². The highest BCUT2D eigenvalue weighted by molar-refractivity contribution is 5.95. The van der Waals surface area contributed by atoms with Crippen LogP contribution in [0.5, 0.6) is 0 Å². The minimum absolute atomic E-state index is 0.0280. The molecule has 1 aromatic rings. The van der Waals surface area contributed by atoms with Crippen LogP contribution < -0.4 is 10.6 Å². The second-order valence-electron chi connectivity index (χ2n) is 5.43. The maximum atomic E-state index is 14.0. The number of piperidine rings is 1. The van der Waals surface area contributed by atoms with Gasteiger partial charge in [0.1, 0.15) is 0 Å². The number of hydrogen-bond donors (Lipinski definition) is 2. The van der Waals surface area contributed by atoms with Gasteiger partial charge in [-0.3, -0.25) is 9.69 Å². The van der Waals surface area contributed by atoms with E-state index in [-0.39, 0.29) is 17.4 Å². The first-order valence-electron chi connectivity index (χ1n) is 7.48. The second kappa shape index (κ2) is 7.36. The molecule has 1 fully saturated rings. The fourth-order valence-corrected chi connectivity index (χ4v) is 2.62. The van der Waals surface area contributed by atoms with Gasteiger partial charge in [0.15, 0.2) is 11.6 Å². The number of pyridine rings is 1. The number of carbonyl (C=O) groups is 1. The van der Waals surface area contributed by atoms with Crippen LogP contribution in [0.1, 0.15) is 36.5 Å². The highest BCUT2D eigenvalue weighted by Crippen LogP contribution is 2.15. The topological polar surface area (TPSA) is 57.3 Å². The van der Waals surface area contributed by atoms with E-state index >= 15 is 0 Å². The summed E-state index contributed by atoms with van der Waals surface area (Å²) in [4.78, 5) is 18.3. The van der Waals surface area contributed by atoms with Crippen LogP contribution in [-0.2, 0) is 0 Å². The number of anilines is 1. The lowest BCUT2D eigenvalue weighted by molar-refractivity contribution is 0.0926. The Morgan fingerprint density at radius 2 is 2.14 bits per heavy atom. The van der Waals surface area contributed by atoms with Crippen LogP contribution in [0.3, 0.4) is 0 Å². The van der Waals surface area contributed by atoms with Gasteiger partial charge < -0.3 is 10.6 Å². The van der Waals surface area contributed by atoms with E-state index in [0.29, 0.717) is 6.54 Å². The fraction of sp³-hybridized carbons (Fsp3) is 0.600. The maximum absolute atomic E-state index is 14.0. The Labute approximate surface area is 124 Å². The third-order valence-electron chi connectivity index (χ3n) is 3.94. The molecular weight excluding hydrogens is 271 g/mol. The molecule has 2 heterocycles. The van der Waals surface area contributed by atoms with Gasteiger partial charge in [0.25, 0.3) is 5.91 Å². The lowest BCUT2D eigenvalue weighted by Gasteiger charge is -2.32. The Morgan fingerprint density at radius 1 is 1.43 bits per heavy atom. The zero-order valence-corrected chi connectivity index (χ0v) is 12.7. The summed E-state index contributed by atoms with van der Waals surface area (Å²) in [6, 6.07) is 1.67. The van der Waals surface area contributed by atoms with E-state index in [1.807, 2.05) is 0 Å². The number of halogens is 1. The van der Waals surface area contributed by atoms with Crippen molar-refractivity contribution in [2.45, 2.75) is 32.2 Å². The normalized spacial score (nSPS) is 17.3. The molecule has 1 aliphatic heterocycles. The lowest BCUT2D eigenvalue weighted by Crippen LogP contribution is -2.44. The molecule has 2 N–H and O–H groups in total. The van der Waals surface area contributed by atoms with Gasteiger partial charge >= 0.3 is 0 Å². The number of aromatic nitrogens is 1. The number of nitrogens with zero attached hydrogens (tertiary/aromatic N) is 2. The van der Waals surface area contributed by atoms with E-state index in [2.05, 4.69) is 27.4 Å². The average Bonchev–Trinajstić information content (AvgIpc) is 2.53. The molecule has 0 aromatic carbocycles. The van der Waals surface area contributed by atoms with Gasteiger partial charge in [-0.05, 0) is 38.9 Å². The number of rotatable bonds is 5. The molecule has 0 saturated carbocycles. The van der Waals surface area contributed by atoms with Crippen LogP contribution in [-0.4, -0.2) is 48.5 Å². The van der Waals surface area contributed by atoms with E-state index in [4.69, 9.17) is 0 Å². The zero-order chi connectivity index (χ0) is 15.2. The molecule has 1 atom stereocenters. The number of nitrogens with one attached hydrogen (secondary N) is 2. The van der Waals surface area contributed by atoms with Crippen LogP contribution in [0, 0.1) is 5.82 Å². The molecule has 0 bridgehead atoms. The molecular formula is C15H23FN4O. The van der Waals surface area contributed by atoms with Crippen molar-refractivity contribution in [1.82, 2.24) is 15.2 Å². The van der Waals surface area contributed by atoms with Crippen molar-refractivity contribution < 1.29 is 9.18 Å². The fourth-order valence-electron chi connectivity index (χ4n) is 2.62. The van der Waals surface area contributed by atoms with Gasteiger partial charge in [0.05, 0.1) is 5.56 Å². The van der Waals surface area contributed by atoms with Crippen molar-refractivity contribution in [2.75, 3.05) is 32.0 Å². The van der Waals surface area contributed by atoms with Crippen LogP contribution in [0.2, 0.25) is 0 Å². The standard InChI is InChI=1S/C15H23FN4O/c1-11(20-8-4-3-5-9-20)10-19-15(21)12-6-7-18-14(17-2)13(12)16/h6-7,11H,3-5,8-10H2,1-2H3,(H,17,18)(H,19,21). The zero-order valence-electron chi connectivity index (χ0n) is 12.7. The van der Waals surface area contributed by atoms with E-state index < -0.39 is 11.7 Å². The van der Waals surface area contributed by atoms with Crippen LogP contribution in [0.15, 0.2) is 12.3 Å². The van der Waals surface area contributed by atoms with Crippen LogP contribution >= 0.6 is 0 Å². The molecule has 1 saturated heterocycles. The highest BCUT2D eigenvalue weighted by atomic mass is 19.1. The van der Waals surface area contributed by atoms with Crippen molar-refractivity contribution in [1.29, 1.82) is 0 Å². The first kappa shape index (κ1) is 15.7. The summed E-state index contributed by atoms with van der Waals surface area (Å²) in [7, 11) is 1.57. The molecule has 0 radical (unpaired) electrons. The third-order valence-corrected chi connectivity index (χ3v) is 3.94. The molecule has 1 aliphatic rings. The molecule has 21 heavy (non-hydrogen) atoms. The van der Waals surface area contributed by atoms with Crippen molar-refractivity contribution in [2.24, 2.45) is 0 Å². The van der Waals surface area contributed by atoms with Gasteiger partial charge in [-0.25, -0.2) is 9.37 Å². The molecule has 0 spiro atoms. The van der Waals surface area contributed by atoms with Crippen LogP contribution in [0.25, 0.3) is 0 Å². The smallest absolute Gasteiger partial charge is 0.254 e. The largest absolute Gasteiger partial charge is 0.371 e. The SMILES string of the molecule is CNc1nccc(C(=O)NCC(C)N2CCCCC2)c1F. The average molecular weight is 294 g/mol. The van der Waals surface area contributed by atoms with Crippen molar-refractivity contribution in [3.8, 4) is 0 Å². The number of likely N-dealkylation sites (tertiary alicyclic amines) is 1. The van der Waals surface area contributed by atoms with Gasteiger partial charge in [-0.1, -0.05) is 6.42 Å². The Morgan fingerprint density at radius 3 is 2.81 bits per heavy atom. The molecule has 2 rings (SSSR count). The van der Waals surface area contributed by atoms with Crippen molar-refractivity contribution in [3.05, 3.63) is 23.6 Å². The van der Waals surface area contributed by atoms with E-state index in [0.717, 1.165) is 13.1 Å². The lowest BCUT2D eigenvalue weighted by atomic mass is 10.1. The number of carbonyl (C=O) groups excluding carboxylic acids is 1. The first-order chi connectivity index (χ1) is 10.1. The molecule has 116 valence electrons. The summed E-state index contributed by atoms with van der Waals surface area (Å²) in [6.45, 7) is 4.76. The van der Waals surface area contributed by atoms with Crippen LogP contribution in [0.4, 0.5) is 10.2 Å². The van der Waals surface area contributed by atoms with Gasteiger partial charge in [-0.15, -0.1) is 0 Å². The number of hydrogen-bond acceptors (Lipinski definition) is 4. The Kier molecular flexibility index (Phi) is 5.50. The highest BCUT2D eigenvalue weighted by Gasteiger charge is 2.19. The predicted octanol–water partition coefficient (Wildman–Crippen LogP) is 1.87. The monoisotopic (exact) mass is 294 g/mol. The Balaban J connectivity index is 1.92. The summed E-state index contributed by atoms with van der Waals surface area (Å²) in [5, 5.41) is 5.44. The number of amides is 1. The Hall–Kier alpha value is -1.69. The second-order valence-corrected chi connectivity index (χ2v) is 5.43. The van der Waals surface area contributed by atoms with E-state index in [9.17, 15) is 9.18 Å². The Bertz CT molecular complexity index is 489. The van der Waals surface area contributed by atoms with Gasteiger partial charge in [0, 0.05) is 25.8 Å². The minimum Gasteiger partial charge on any atom is -0.371 e. The summed E-state index contributed by atoms with van der Waals surface area (Å²) in [5.41, 5.74) is 0.0280. The molecule has 1 unspecified atom stereocenters. The van der Waals surface area contributed by atoms with E-state index in [1.165, 1.54) is 31.5 Å². The molecule has 1 aromatic heterocycles. The molecule has 0 aliphatic carbocycles. The maximum Gasteiger partial charge on any atom is 0.254 e. The predicted molar refractivity (Wildman–Crippen MR) is 81.0 cm³/mol. The summed E-state index contributed by atoms with van der Waals surface area (Å²) < 4.78 is 14.0. The molecule has 5 nitrogen and oxygen atoms in total. The quantitative estimate of drug-likeness (QED) is 0.870.